The zero-order chi connectivity index (χ0) is 9.84. The summed E-state index contributed by atoms with van der Waals surface area (Å²) in [5, 5.41) is 3.21. The van der Waals surface area contributed by atoms with Gasteiger partial charge in [-0.3, -0.25) is 4.79 Å². The van der Waals surface area contributed by atoms with Gasteiger partial charge in [-0.05, 0) is 19.9 Å². The normalized spacial score (nSPS) is 24.8. The minimum atomic E-state index is 0.190. The van der Waals surface area contributed by atoms with Gasteiger partial charge in [-0.2, -0.15) is 0 Å². The average Bonchev–Trinajstić information content (AvgIpc) is 2.63. The molecule has 0 aliphatic carbocycles. The molecule has 13 heavy (non-hydrogen) atoms. The molecule has 0 spiro atoms. The number of carbonyl (C=O) groups excluding carboxylic acids is 1. The Morgan fingerprint density at radius 2 is 2.38 bits per heavy atom. The van der Waals surface area contributed by atoms with Crippen LogP contribution in [0, 0.1) is 5.92 Å². The number of hydrogen-bond acceptors (Lipinski definition) is 2. The first kappa shape index (κ1) is 10.5. The van der Waals surface area contributed by atoms with Crippen molar-refractivity contribution in [3.05, 3.63) is 0 Å². The van der Waals surface area contributed by atoms with Crippen molar-refractivity contribution in [3.63, 3.8) is 0 Å². The Labute approximate surface area is 80.5 Å². The number of likely N-dealkylation sites (N-methyl/N-ethyl adjacent to an activating group) is 1. The van der Waals surface area contributed by atoms with E-state index in [9.17, 15) is 4.79 Å². The predicted octanol–water partition coefficient (Wildman–Crippen LogP) is 0.853. The number of hydrogen-bond donors (Lipinski definition) is 1. The standard InChI is InChI=1S/C10H20N2O/c1-4-8(2)10(13)12-6-5-9(7-12)11-3/h8-9,11H,4-7H2,1-3H3. The molecule has 0 aromatic rings. The third kappa shape index (κ3) is 2.44. The van der Waals surface area contributed by atoms with Crippen molar-refractivity contribution in [1.82, 2.24) is 10.2 Å². The van der Waals surface area contributed by atoms with E-state index in [2.05, 4.69) is 12.2 Å². The van der Waals surface area contributed by atoms with E-state index in [1.807, 2.05) is 18.9 Å². The van der Waals surface area contributed by atoms with Crippen LogP contribution >= 0.6 is 0 Å². The van der Waals surface area contributed by atoms with E-state index in [0.717, 1.165) is 25.9 Å². The number of nitrogens with one attached hydrogen (secondary N) is 1. The van der Waals surface area contributed by atoms with Crippen molar-refractivity contribution in [2.45, 2.75) is 32.7 Å². The van der Waals surface area contributed by atoms with Crippen LogP contribution in [0.3, 0.4) is 0 Å². The molecule has 1 amide bonds. The summed E-state index contributed by atoms with van der Waals surface area (Å²) < 4.78 is 0. The molecule has 1 saturated heterocycles. The summed E-state index contributed by atoms with van der Waals surface area (Å²) in [5.74, 6) is 0.510. The fourth-order valence-corrected chi connectivity index (χ4v) is 1.68. The van der Waals surface area contributed by atoms with Crippen LogP contribution in [0.5, 0.6) is 0 Å². The Balaban J connectivity index is 2.41. The molecule has 3 nitrogen and oxygen atoms in total. The molecule has 0 radical (unpaired) electrons. The summed E-state index contributed by atoms with van der Waals surface area (Å²) in [7, 11) is 1.96. The van der Waals surface area contributed by atoms with Gasteiger partial charge in [-0.1, -0.05) is 13.8 Å². The van der Waals surface area contributed by atoms with Crippen molar-refractivity contribution in [2.24, 2.45) is 5.92 Å². The fraction of sp³-hybridized carbons (Fsp3) is 0.900. The molecular formula is C10H20N2O. The molecule has 1 heterocycles. The number of nitrogens with zero attached hydrogens (tertiary/aromatic N) is 1. The molecule has 1 N–H and O–H groups in total. The Kier molecular flexibility index (Phi) is 3.72. The van der Waals surface area contributed by atoms with Gasteiger partial charge in [0.05, 0.1) is 0 Å². The summed E-state index contributed by atoms with van der Waals surface area (Å²) in [6.07, 6.45) is 2.04. The quantitative estimate of drug-likeness (QED) is 0.705. The number of carbonyl (C=O) groups is 1. The van der Waals surface area contributed by atoms with E-state index in [4.69, 9.17) is 0 Å². The van der Waals surface area contributed by atoms with Crippen LogP contribution in [0.4, 0.5) is 0 Å². The van der Waals surface area contributed by atoms with E-state index in [-0.39, 0.29) is 5.92 Å². The maximum absolute atomic E-state index is 11.7. The smallest absolute Gasteiger partial charge is 0.225 e. The summed E-state index contributed by atoms with van der Waals surface area (Å²) >= 11 is 0. The van der Waals surface area contributed by atoms with Crippen LogP contribution in [-0.4, -0.2) is 37.0 Å². The topological polar surface area (TPSA) is 32.3 Å². The second kappa shape index (κ2) is 4.61. The number of rotatable bonds is 3. The van der Waals surface area contributed by atoms with E-state index < -0.39 is 0 Å². The van der Waals surface area contributed by atoms with Crippen LogP contribution < -0.4 is 5.32 Å². The third-order valence-electron chi connectivity index (χ3n) is 2.94. The minimum absolute atomic E-state index is 0.190. The van der Waals surface area contributed by atoms with Gasteiger partial charge in [0.15, 0.2) is 0 Å². The van der Waals surface area contributed by atoms with Crippen LogP contribution in [-0.2, 0) is 4.79 Å². The summed E-state index contributed by atoms with van der Waals surface area (Å²) in [6, 6.07) is 0.507. The lowest BCUT2D eigenvalue weighted by Gasteiger charge is -2.19. The molecule has 1 aliphatic heterocycles. The molecule has 76 valence electrons. The highest BCUT2D eigenvalue weighted by atomic mass is 16.2. The van der Waals surface area contributed by atoms with Crippen LogP contribution in [0.25, 0.3) is 0 Å². The zero-order valence-electron chi connectivity index (χ0n) is 8.84. The molecule has 1 rings (SSSR count). The molecule has 1 aliphatic rings. The monoisotopic (exact) mass is 184 g/mol. The first-order chi connectivity index (χ1) is 6.19. The van der Waals surface area contributed by atoms with Gasteiger partial charge in [0.2, 0.25) is 5.91 Å². The van der Waals surface area contributed by atoms with E-state index in [1.54, 1.807) is 0 Å². The zero-order valence-corrected chi connectivity index (χ0v) is 8.84. The average molecular weight is 184 g/mol. The van der Waals surface area contributed by atoms with E-state index >= 15 is 0 Å². The second-order valence-corrected chi connectivity index (χ2v) is 3.87. The minimum Gasteiger partial charge on any atom is -0.341 e. The SMILES string of the molecule is CCC(C)C(=O)N1CCC(NC)C1. The highest BCUT2D eigenvalue weighted by Gasteiger charge is 2.26. The first-order valence-corrected chi connectivity index (χ1v) is 5.15. The van der Waals surface area contributed by atoms with Crippen LogP contribution in [0.2, 0.25) is 0 Å². The van der Waals surface area contributed by atoms with Gasteiger partial charge in [0, 0.05) is 25.0 Å². The summed E-state index contributed by atoms with van der Waals surface area (Å²) in [6.45, 7) is 5.89. The third-order valence-corrected chi connectivity index (χ3v) is 2.94. The first-order valence-electron chi connectivity index (χ1n) is 5.15. The summed E-state index contributed by atoms with van der Waals surface area (Å²) in [4.78, 5) is 13.7. The molecule has 0 aromatic carbocycles. The highest BCUT2D eigenvalue weighted by molar-refractivity contribution is 5.78. The van der Waals surface area contributed by atoms with Crippen LogP contribution in [0.1, 0.15) is 26.7 Å². The lowest BCUT2D eigenvalue weighted by molar-refractivity contribution is -0.134. The van der Waals surface area contributed by atoms with Gasteiger partial charge in [0.25, 0.3) is 0 Å². The Morgan fingerprint density at radius 3 is 2.85 bits per heavy atom. The molecule has 0 bridgehead atoms. The number of amides is 1. The predicted molar refractivity (Wildman–Crippen MR) is 53.5 cm³/mol. The molecule has 1 fully saturated rings. The lowest BCUT2D eigenvalue weighted by Crippen LogP contribution is -2.36. The van der Waals surface area contributed by atoms with Gasteiger partial charge in [-0.15, -0.1) is 0 Å². The van der Waals surface area contributed by atoms with Crippen molar-refractivity contribution in [3.8, 4) is 0 Å². The van der Waals surface area contributed by atoms with Gasteiger partial charge in [0.1, 0.15) is 0 Å². The van der Waals surface area contributed by atoms with Gasteiger partial charge >= 0.3 is 0 Å². The molecular weight excluding hydrogens is 164 g/mol. The van der Waals surface area contributed by atoms with E-state index in [1.165, 1.54) is 0 Å². The molecule has 0 aromatic heterocycles. The molecule has 3 heteroatoms. The maximum atomic E-state index is 11.7. The van der Waals surface area contributed by atoms with Gasteiger partial charge < -0.3 is 10.2 Å². The Hall–Kier alpha value is -0.570. The molecule has 0 saturated carbocycles. The van der Waals surface area contributed by atoms with Crippen LogP contribution in [0.15, 0.2) is 0 Å². The van der Waals surface area contributed by atoms with Gasteiger partial charge in [-0.25, -0.2) is 0 Å². The largest absolute Gasteiger partial charge is 0.341 e. The Bertz CT molecular complexity index is 182. The fourth-order valence-electron chi connectivity index (χ4n) is 1.68. The highest BCUT2D eigenvalue weighted by Crippen LogP contribution is 2.14. The second-order valence-electron chi connectivity index (χ2n) is 3.87. The molecule has 2 unspecified atom stereocenters. The Morgan fingerprint density at radius 1 is 1.69 bits per heavy atom. The van der Waals surface area contributed by atoms with E-state index in [0.29, 0.717) is 11.9 Å². The van der Waals surface area contributed by atoms with Crippen molar-refractivity contribution >= 4 is 5.91 Å². The maximum Gasteiger partial charge on any atom is 0.225 e. The molecule has 2 atom stereocenters. The summed E-state index contributed by atoms with van der Waals surface area (Å²) in [5.41, 5.74) is 0. The lowest BCUT2D eigenvalue weighted by atomic mass is 10.1. The van der Waals surface area contributed by atoms with Crippen molar-refractivity contribution < 1.29 is 4.79 Å². The van der Waals surface area contributed by atoms with Crippen molar-refractivity contribution in [1.29, 1.82) is 0 Å². The van der Waals surface area contributed by atoms with Crippen molar-refractivity contribution in [2.75, 3.05) is 20.1 Å². The number of likely N-dealkylation sites (tertiary alicyclic amines) is 1.